The van der Waals surface area contributed by atoms with Crippen LogP contribution >= 0.6 is 0 Å². The maximum absolute atomic E-state index is 15.0. The van der Waals surface area contributed by atoms with Crippen LogP contribution in [0.15, 0.2) is 138 Å². The second-order valence-corrected chi connectivity index (χ2v) is 11.5. The highest BCUT2D eigenvalue weighted by Gasteiger charge is 2.71. The Morgan fingerprint density at radius 2 is 1.47 bits per heavy atom. The average Bonchev–Trinajstić information content (AvgIpc) is 3.81. The molecular formula is C38H28N2O5. The Hall–Kier alpha value is -5.69. The summed E-state index contributed by atoms with van der Waals surface area (Å²) in [5.41, 5.74) is 2.98. The Labute approximate surface area is 259 Å². The van der Waals surface area contributed by atoms with Gasteiger partial charge in [-0.05, 0) is 46.5 Å². The van der Waals surface area contributed by atoms with Crippen molar-refractivity contribution < 1.29 is 23.5 Å². The summed E-state index contributed by atoms with van der Waals surface area (Å²) < 4.78 is 12.1. The van der Waals surface area contributed by atoms with Gasteiger partial charge in [-0.25, -0.2) is 0 Å². The number of ketones is 1. The molecule has 4 aromatic carbocycles. The van der Waals surface area contributed by atoms with E-state index in [1.807, 2.05) is 126 Å². The summed E-state index contributed by atoms with van der Waals surface area (Å²) in [7, 11) is 0. The Balaban J connectivity index is 1.35. The van der Waals surface area contributed by atoms with Crippen molar-refractivity contribution in [2.45, 2.75) is 23.6 Å². The molecule has 3 aliphatic rings. The minimum absolute atomic E-state index is 0.106. The predicted octanol–water partition coefficient (Wildman–Crippen LogP) is 6.59. The zero-order chi connectivity index (χ0) is 30.5. The van der Waals surface area contributed by atoms with Crippen molar-refractivity contribution in [3.05, 3.63) is 162 Å². The summed E-state index contributed by atoms with van der Waals surface area (Å²) in [6, 6.07) is 35.5. The number of fused-ring (bicyclic) bond motifs is 6. The van der Waals surface area contributed by atoms with Crippen LogP contribution in [0.2, 0.25) is 0 Å². The van der Waals surface area contributed by atoms with Crippen molar-refractivity contribution in [2.75, 3.05) is 10.2 Å². The Bertz CT molecular complexity index is 1910. The van der Waals surface area contributed by atoms with Gasteiger partial charge < -0.3 is 19.4 Å². The van der Waals surface area contributed by atoms with Gasteiger partial charge >= 0.3 is 5.97 Å². The molecule has 1 spiro atoms. The first kappa shape index (κ1) is 26.9. The third-order valence-corrected chi connectivity index (χ3v) is 9.27. The molecule has 4 atom stereocenters. The van der Waals surface area contributed by atoms with Gasteiger partial charge in [-0.1, -0.05) is 109 Å². The summed E-state index contributed by atoms with van der Waals surface area (Å²) in [5, 5.41) is 3.04. The quantitative estimate of drug-likeness (QED) is 0.177. The van der Waals surface area contributed by atoms with E-state index in [9.17, 15) is 9.59 Å². The first-order chi connectivity index (χ1) is 22.1. The minimum Gasteiger partial charge on any atom is -0.461 e. The fraction of sp³-hybridized carbons (Fsp3) is 0.132. The third kappa shape index (κ3) is 4.00. The maximum Gasteiger partial charge on any atom is 0.314 e. The number of nitrogens with zero attached hydrogens (tertiary/aromatic N) is 1. The van der Waals surface area contributed by atoms with Crippen LogP contribution in [0.5, 0.6) is 0 Å². The zero-order valence-electron chi connectivity index (χ0n) is 24.1. The van der Waals surface area contributed by atoms with Crippen LogP contribution in [0.25, 0.3) is 6.08 Å². The first-order valence-corrected chi connectivity index (χ1v) is 14.9. The summed E-state index contributed by atoms with van der Waals surface area (Å²) in [6.07, 6.45) is 4.57. The predicted molar refractivity (Wildman–Crippen MR) is 170 cm³/mol. The van der Waals surface area contributed by atoms with Gasteiger partial charge in [0.05, 0.1) is 12.3 Å². The SMILES string of the molecule is O=C(c1ccco1)[C@H]1[C@H](C(=O)OC(c2ccccc2)c2ccccc2)[C@@]2(C(=O)Nc3ccccc32)[C@H]2C=Cc3ccccc3N12. The molecule has 0 saturated carbocycles. The molecule has 45 heavy (non-hydrogen) atoms. The molecule has 220 valence electrons. The molecule has 0 radical (unpaired) electrons. The molecule has 1 fully saturated rings. The second-order valence-electron chi connectivity index (χ2n) is 11.5. The molecular weight excluding hydrogens is 564 g/mol. The number of amides is 1. The molecule has 0 bridgehead atoms. The van der Waals surface area contributed by atoms with E-state index in [2.05, 4.69) is 5.32 Å². The van der Waals surface area contributed by atoms with Crippen LogP contribution in [-0.4, -0.2) is 29.7 Å². The topological polar surface area (TPSA) is 88.9 Å². The van der Waals surface area contributed by atoms with Gasteiger partial charge in [0.15, 0.2) is 11.9 Å². The fourth-order valence-electron chi connectivity index (χ4n) is 7.42. The lowest BCUT2D eigenvalue weighted by molar-refractivity contribution is -0.156. The van der Waals surface area contributed by atoms with Crippen LogP contribution in [-0.2, 0) is 19.7 Å². The van der Waals surface area contributed by atoms with Gasteiger partial charge in [0.2, 0.25) is 11.7 Å². The number of esters is 1. The molecule has 0 unspecified atom stereocenters. The van der Waals surface area contributed by atoms with Crippen LogP contribution in [0.3, 0.4) is 0 Å². The standard InChI is InChI=1S/C38H28N2O5/c41-34(30-20-11-23-44-30)33-32(36(42)45-35(25-13-3-1-4-14-25)26-15-5-2-6-16-26)38(27-17-8-9-18-28(27)39-37(38)43)31-22-21-24-12-7-10-19-29(24)40(31)33/h1-23,31-33,35H,(H,39,43)/t31-,32-,33-,38+/m1/s1. The van der Waals surface area contributed by atoms with E-state index >= 15 is 4.79 Å². The number of carbonyl (C=O) groups excluding carboxylic acids is 3. The largest absolute Gasteiger partial charge is 0.461 e. The number of para-hydroxylation sites is 2. The molecule has 4 heterocycles. The second kappa shape index (κ2) is 10.5. The maximum atomic E-state index is 15.0. The summed E-state index contributed by atoms with van der Waals surface area (Å²) in [6.45, 7) is 0. The van der Waals surface area contributed by atoms with E-state index in [1.54, 1.807) is 12.1 Å². The number of ether oxygens (including phenoxy) is 1. The number of anilines is 2. The lowest BCUT2D eigenvalue weighted by Gasteiger charge is -2.37. The summed E-state index contributed by atoms with van der Waals surface area (Å²) in [4.78, 5) is 46.0. The number of rotatable bonds is 6. The lowest BCUT2D eigenvalue weighted by atomic mass is 9.66. The highest BCUT2D eigenvalue weighted by molar-refractivity contribution is 6.15. The van der Waals surface area contributed by atoms with Crippen molar-refractivity contribution in [1.29, 1.82) is 0 Å². The van der Waals surface area contributed by atoms with E-state index in [-0.39, 0.29) is 11.7 Å². The smallest absolute Gasteiger partial charge is 0.314 e. The number of Topliss-reactive ketones (excluding diaryl/α,β-unsaturated/α-hetero) is 1. The van der Waals surface area contributed by atoms with Gasteiger partial charge in [0.25, 0.3) is 0 Å². The van der Waals surface area contributed by atoms with E-state index in [0.717, 1.165) is 22.4 Å². The number of furan rings is 1. The minimum atomic E-state index is -1.47. The molecule has 5 aromatic rings. The molecule has 1 aromatic heterocycles. The van der Waals surface area contributed by atoms with Crippen LogP contribution in [0.1, 0.15) is 38.9 Å². The summed E-state index contributed by atoms with van der Waals surface area (Å²) >= 11 is 0. The summed E-state index contributed by atoms with van der Waals surface area (Å²) in [5.74, 6) is -2.52. The van der Waals surface area contributed by atoms with Crippen molar-refractivity contribution >= 4 is 35.1 Å². The van der Waals surface area contributed by atoms with Crippen molar-refractivity contribution in [1.82, 2.24) is 0 Å². The van der Waals surface area contributed by atoms with Gasteiger partial charge in [-0.2, -0.15) is 0 Å². The molecule has 0 aliphatic carbocycles. The van der Waals surface area contributed by atoms with E-state index in [0.29, 0.717) is 11.3 Å². The van der Waals surface area contributed by atoms with Crippen LogP contribution in [0, 0.1) is 5.92 Å². The molecule has 3 aliphatic heterocycles. The Morgan fingerprint density at radius 3 is 2.18 bits per heavy atom. The van der Waals surface area contributed by atoms with Crippen LogP contribution < -0.4 is 10.2 Å². The molecule has 7 nitrogen and oxygen atoms in total. The molecule has 1 N–H and O–H groups in total. The van der Waals surface area contributed by atoms with Crippen molar-refractivity contribution in [3.8, 4) is 0 Å². The average molecular weight is 593 g/mol. The number of benzene rings is 4. The van der Waals surface area contributed by atoms with Crippen LogP contribution in [0.4, 0.5) is 11.4 Å². The first-order valence-electron chi connectivity index (χ1n) is 14.9. The van der Waals surface area contributed by atoms with Gasteiger partial charge in [-0.15, -0.1) is 0 Å². The van der Waals surface area contributed by atoms with E-state index < -0.39 is 41.3 Å². The van der Waals surface area contributed by atoms with Gasteiger partial charge in [0, 0.05) is 11.4 Å². The monoisotopic (exact) mass is 592 g/mol. The fourth-order valence-corrected chi connectivity index (χ4v) is 7.42. The Kier molecular flexibility index (Phi) is 6.27. The normalized spacial score (nSPS) is 22.6. The molecule has 8 rings (SSSR count). The number of hydrogen-bond donors (Lipinski definition) is 1. The zero-order valence-corrected chi connectivity index (χ0v) is 24.1. The highest BCUT2D eigenvalue weighted by Crippen LogP contribution is 2.58. The highest BCUT2D eigenvalue weighted by atomic mass is 16.5. The van der Waals surface area contributed by atoms with E-state index in [4.69, 9.17) is 9.15 Å². The molecule has 1 amide bonds. The number of carbonyl (C=O) groups is 3. The lowest BCUT2D eigenvalue weighted by Crippen LogP contribution is -2.51. The number of nitrogens with one attached hydrogen (secondary N) is 1. The van der Waals surface area contributed by atoms with Gasteiger partial charge in [0.1, 0.15) is 17.4 Å². The molecule has 7 heteroatoms. The number of hydrogen-bond acceptors (Lipinski definition) is 6. The van der Waals surface area contributed by atoms with Crippen molar-refractivity contribution in [3.63, 3.8) is 0 Å². The van der Waals surface area contributed by atoms with Gasteiger partial charge in [-0.3, -0.25) is 14.4 Å². The van der Waals surface area contributed by atoms with E-state index in [1.165, 1.54) is 6.26 Å². The van der Waals surface area contributed by atoms with Crippen molar-refractivity contribution in [2.24, 2.45) is 5.92 Å². The third-order valence-electron chi connectivity index (χ3n) is 9.27. The Morgan fingerprint density at radius 1 is 0.800 bits per heavy atom. The molecule has 1 saturated heterocycles.